The van der Waals surface area contributed by atoms with Gasteiger partial charge in [-0.05, 0) is 49.6 Å². The third kappa shape index (κ3) is 4.07. The molecule has 0 aliphatic heterocycles. The monoisotopic (exact) mass is 300 g/mol. The quantitative estimate of drug-likeness (QED) is 0.892. The highest BCUT2D eigenvalue weighted by molar-refractivity contribution is 5.91. The molecule has 0 bridgehead atoms. The molecule has 0 saturated heterocycles. The Bertz CT molecular complexity index is 642. The van der Waals surface area contributed by atoms with Crippen LogP contribution in [0.5, 0.6) is 0 Å². The predicted molar refractivity (Wildman–Crippen MR) is 87.7 cm³/mol. The number of anilines is 1. The molecule has 2 aromatic carbocycles. The molecule has 2 amide bonds. The van der Waals surface area contributed by atoms with Gasteiger partial charge in [-0.15, -0.1) is 0 Å². The summed E-state index contributed by atoms with van der Waals surface area (Å²) in [5.41, 5.74) is 2.59. The molecule has 0 heterocycles. The Morgan fingerprint density at radius 3 is 2.64 bits per heavy atom. The van der Waals surface area contributed by atoms with E-state index < -0.39 is 0 Å². The fourth-order valence-electron chi connectivity index (χ4n) is 2.34. The van der Waals surface area contributed by atoms with Gasteiger partial charge in [-0.1, -0.05) is 30.3 Å². The maximum atomic E-state index is 13.5. The van der Waals surface area contributed by atoms with Crippen molar-refractivity contribution in [1.82, 2.24) is 5.32 Å². The van der Waals surface area contributed by atoms with Crippen LogP contribution in [0.1, 0.15) is 18.1 Å². The average molecular weight is 300 g/mol. The van der Waals surface area contributed by atoms with Gasteiger partial charge < -0.3 is 5.32 Å². The number of hydrogen-bond acceptors (Lipinski definition) is 1. The molecule has 0 aliphatic carbocycles. The maximum Gasteiger partial charge on any atom is 0.321 e. The molecule has 3 nitrogen and oxygen atoms in total. The lowest BCUT2D eigenvalue weighted by Crippen LogP contribution is -2.40. The Morgan fingerprint density at radius 2 is 1.95 bits per heavy atom. The fraction of sp³-hybridized carbons (Fsp3) is 0.278. The fourth-order valence-corrected chi connectivity index (χ4v) is 2.34. The zero-order valence-corrected chi connectivity index (χ0v) is 13.0. The van der Waals surface area contributed by atoms with E-state index in [0.29, 0.717) is 25.1 Å². The molecular formula is C18H21FN2O. The molecule has 4 heteroatoms. The second-order valence-corrected chi connectivity index (χ2v) is 5.16. The maximum absolute atomic E-state index is 13.5. The van der Waals surface area contributed by atoms with Gasteiger partial charge in [-0.3, -0.25) is 4.90 Å². The number of carbonyl (C=O) groups is 1. The topological polar surface area (TPSA) is 32.3 Å². The van der Waals surface area contributed by atoms with Crippen LogP contribution in [0.3, 0.4) is 0 Å². The van der Waals surface area contributed by atoms with Crippen LogP contribution in [-0.2, 0) is 6.42 Å². The summed E-state index contributed by atoms with van der Waals surface area (Å²) in [5, 5.41) is 2.85. The van der Waals surface area contributed by atoms with Gasteiger partial charge in [-0.25, -0.2) is 9.18 Å². The van der Waals surface area contributed by atoms with Crippen LogP contribution < -0.4 is 10.2 Å². The lowest BCUT2D eigenvalue weighted by Gasteiger charge is -2.22. The van der Waals surface area contributed by atoms with Crippen molar-refractivity contribution in [2.24, 2.45) is 0 Å². The van der Waals surface area contributed by atoms with Gasteiger partial charge in [0, 0.05) is 18.8 Å². The van der Waals surface area contributed by atoms with Crippen molar-refractivity contribution in [2.45, 2.75) is 20.3 Å². The Kier molecular flexibility index (Phi) is 5.53. The first-order valence-electron chi connectivity index (χ1n) is 7.47. The highest BCUT2D eigenvalue weighted by Gasteiger charge is 2.13. The highest BCUT2D eigenvalue weighted by atomic mass is 19.1. The van der Waals surface area contributed by atoms with Gasteiger partial charge in [0.1, 0.15) is 5.82 Å². The van der Waals surface area contributed by atoms with Crippen LogP contribution in [0.2, 0.25) is 0 Å². The molecule has 0 atom stereocenters. The summed E-state index contributed by atoms with van der Waals surface area (Å²) in [6.45, 7) is 4.91. The largest absolute Gasteiger partial charge is 0.337 e. The molecule has 22 heavy (non-hydrogen) atoms. The molecule has 116 valence electrons. The number of aryl methyl sites for hydroxylation is 1. The van der Waals surface area contributed by atoms with Crippen LogP contribution in [-0.4, -0.2) is 19.1 Å². The second kappa shape index (κ2) is 7.59. The van der Waals surface area contributed by atoms with Gasteiger partial charge in [0.25, 0.3) is 0 Å². The molecule has 2 aromatic rings. The number of hydrogen-bond donors (Lipinski definition) is 1. The first-order valence-corrected chi connectivity index (χ1v) is 7.47. The Labute approximate surface area is 130 Å². The number of benzene rings is 2. The summed E-state index contributed by atoms with van der Waals surface area (Å²) in [4.78, 5) is 14.0. The smallest absolute Gasteiger partial charge is 0.321 e. The van der Waals surface area contributed by atoms with Crippen LogP contribution in [0.4, 0.5) is 14.9 Å². The van der Waals surface area contributed by atoms with Crippen LogP contribution in [0.15, 0.2) is 48.5 Å². The van der Waals surface area contributed by atoms with Crippen molar-refractivity contribution in [3.63, 3.8) is 0 Å². The first-order chi connectivity index (χ1) is 10.6. The third-order valence-corrected chi connectivity index (χ3v) is 3.50. The van der Waals surface area contributed by atoms with Gasteiger partial charge in [0.15, 0.2) is 0 Å². The van der Waals surface area contributed by atoms with Gasteiger partial charge in [0.05, 0.1) is 0 Å². The molecule has 2 rings (SSSR count). The molecule has 0 fully saturated rings. The Balaban J connectivity index is 1.94. The molecule has 0 saturated carbocycles. The predicted octanol–water partition coefficient (Wildman–Crippen LogP) is 3.91. The first kappa shape index (κ1) is 16.0. The second-order valence-electron chi connectivity index (χ2n) is 5.16. The number of carbonyl (C=O) groups excluding carboxylic acids is 1. The third-order valence-electron chi connectivity index (χ3n) is 3.50. The van der Waals surface area contributed by atoms with Crippen LogP contribution in [0.25, 0.3) is 0 Å². The van der Waals surface area contributed by atoms with E-state index in [2.05, 4.69) is 5.32 Å². The Hall–Kier alpha value is -2.36. The SMILES string of the molecule is CCN(C(=O)NCCc1ccccc1F)c1cccc(C)c1. The van der Waals surface area contributed by atoms with E-state index in [9.17, 15) is 9.18 Å². The van der Waals surface area contributed by atoms with E-state index in [1.165, 1.54) is 6.07 Å². The van der Waals surface area contributed by atoms with Crippen molar-refractivity contribution < 1.29 is 9.18 Å². The van der Waals surface area contributed by atoms with E-state index >= 15 is 0 Å². The minimum absolute atomic E-state index is 0.163. The van der Waals surface area contributed by atoms with E-state index in [-0.39, 0.29) is 11.8 Å². The van der Waals surface area contributed by atoms with Crippen molar-refractivity contribution in [3.8, 4) is 0 Å². The van der Waals surface area contributed by atoms with Gasteiger partial charge in [-0.2, -0.15) is 0 Å². The summed E-state index contributed by atoms with van der Waals surface area (Å²) in [7, 11) is 0. The summed E-state index contributed by atoms with van der Waals surface area (Å²) in [6.07, 6.45) is 0.476. The number of rotatable bonds is 5. The average Bonchev–Trinajstić information content (AvgIpc) is 2.50. The normalized spacial score (nSPS) is 10.3. The summed E-state index contributed by atoms with van der Waals surface area (Å²) >= 11 is 0. The van der Waals surface area contributed by atoms with Gasteiger partial charge in [0.2, 0.25) is 0 Å². The lowest BCUT2D eigenvalue weighted by molar-refractivity contribution is 0.246. The molecule has 0 radical (unpaired) electrons. The minimum Gasteiger partial charge on any atom is -0.337 e. The van der Waals surface area contributed by atoms with Crippen molar-refractivity contribution in [1.29, 1.82) is 0 Å². The zero-order chi connectivity index (χ0) is 15.9. The molecule has 0 spiro atoms. The number of nitrogens with zero attached hydrogens (tertiary/aromatic N) is 1. The lowest BCUT2D eigenvalue weighted by atomic mass is 10.1. The summed E-state index contributed by atoms with van der Waals surface area (Å²) in [6, 6.07) is 14.3. The molecule has 0 unspecified atom stereocenters. The molecule has 1 N–H and O–H groups in total. The highest BCUT2D eigenvalue weighted by Crippen LogP contribution is 2.15. The number of halogens is 1. The van der Waals surface area contributed by atoms with E-state index in [1.807, 2.05) is 38.1 Å². The minimum atomic E-state index is -0.234. The Morgan fingerprint density at radius 1 is 1.18 bits per heavy atom. The molecule has 0 aromatic heterocycles. The van der Waals surface area contributed by atoms with Crippen molar-refractivity contribution in [3.05, 3.63) is 65.5 Å². The molecular weight excluding hydrogens is 279 g/mol. The van der Waals surface area contributed by atoms with Crippen molar-refractivity contribution in [2.75, 3.05) is 18.0 Å². The number of urea groups is 1. The van der Waals surface area contributed by atoms with E-state index in [1.54, 1.807) is 23.1 Å². The summed E-state index contributed by atoms with van der Waals surface area (Å²) < 4.78 is 13.5. The van der Waals surface area contributed by atoms with E-state index in [0.717, 1.165) is 11.3 Å². The van der Waals surface area contributed by atoms with Gasteiger partial charge >= 0.3 is 6.03 Å². The zero-order valence-electron chi connectivity index (χ0n) is 13.0. The van der Waals surface area contributed by atoms with E-state index in [4.69, 9.17) is 0 Å². The van der Waals surface area contributed by atoms with Crippen LogP contribution in [0, 0.1) is 12.7 Å². The number of amides is 2. The standard InChI is InChI=1S/C18H21FN2O/c1-3-21(16-9-6-7-14(2)13-16)18(22)20-12-11-15-8-4-5-10-17(15)19/h4-10,13H,3,11-12H2,1-2H3,(H,20,22). The summed E-state index contributed by atoms with van der Waals surface area (Å²) in [5.74, 6) is -0.234. The van der Waals surface area contributed by atoms with Crippen molar-refractivity contribution >= 4 is 11.7 Å². The number of nitrogens with one attached hydrogen (secondary N) is 1. The molecule has 0 aliphatic rings. The van der Waals surface area contributed by atoms with Crippen LogP contribution >= 0.6 is 0 Å².